The van der Waals surface area contributed by atoms with Gasteiger partial charge in [-0.05, 0) is 38.3 Å². The van der Waals surface area contributed by atoms with Crippen molar-refractivity contribution in [2.45, 2.75) is 56.9 Å². The molecule has 0 spiro atoms. The second-order valence-electron chi connectivity index (χ2n) is 9.70. The molecule has 0 saturated carbocycles. The van der Waals surface area contributed by atoms with Crippen LogP contribution in [0.1, 0.15) is 44.2 Å². The fourth-order valence-corrected chi connectivity index (χ4v) is 5.04. The highest BCUT2D eigenvalue weighted by Crippen LogP contribution is 2.38. The maximum absolute atomic E-state index is 13.0. The number of carbonyl (C=O) groups is 1. The Bertz CT molecular complexity index is 826. The molecule has 2 saturated heterocycles. The summed E-state index contributed by atoms with van der Waals surface area (Å²) in [5, 5.41) is 0. The van der Waals surface area contributed by atoms with Gasteiger partial charge < -0.3 is 14.4 Å². The van der Waals surface area contributed by atoms with Crippen LogP contribution in [0.2, 0.25) is 0 Å². The Morgan fingerprint density at radius 2 is 1.52 bits per heavy atom. The number of hydrogen-bond donors (Lipinski definition) is 0. The maximum atomic E-state index is 13.0. The lowest BCUT2D eigenvalue weighted by Crippen LogP contribution is -2.60. The molecule has 3 atom stereocenters. The van der Waals surface area contributed by atoms with E-state index in [-0.39, 0.29) is 30.2 Å². The zero-order valence-electron chi connectivity index (χ0n) is 19.0. The highest BCUT2D eigenvalue weighted by molar-refractivity contribution is 5.68. The molecule has 0 aliphatic carbocycles. The molecule has 0 unspecified atom stereocenters. The molecular formula is C26H34N2O3. The van der Waals surface area contributed by atoms with Crippen molar-refractivity contribution in [3.8, 4) is 0 Å². The minimum Gasteiger partial charge on any atom is -0.444 e. The average molecular weight is 423 g/mol. The van der Waals surface area contributed by atoms with E-state index in [4.69, 9.17) is 9.47 Å². The van der Waals surface area contributed by atoms with Gasteiger partial charge in [-0.25, -0.2) is 4.79 Å². The zero-order valence-corrected chi connectivity index (χ0v) is 19.0. The summed E-state index contributed by atoms with van der Waals surface area (Å²) < 4.78 is 11.5. The number of nitrogens with zero attached hydrogens (tertiary/aromatic N) is 2. The van der Waals surface area contributed by atoms with Crippen molar-refractivity contribution in [1.29, 1.82) is 0 Å². The van der Waals surface area contributed by atoms with Crippen LogP contribution in [0.3, 0.4) is 0 Å². The molecule has 2 aromatic rings. The van der Waals surface area contributed by atoms with Crippen LogP contribution in [0, 0.1) is 0 Å². The molecule has 0 bridgehead atoms. The van der Waals surface area contributed by atoms with E-state index >= 15 is 0 Å². The molecule has 5 nitrogen and oxygen atoms in total. The third-order valence-electron chi connectivity index (χ3n) is 6.37. The van der Waals surface area contributed by atoms with E-state index in [9.17, 15) is 4.79 Å². The van der Waals surface area contributed by atoms with Gasteiger partial charge in [0.05, 0.1) is 6.10 Å². The second-order valence-corrected chi connectivity index (χ2v) is 9.70. The van der Waals surface area contributed by atoms with E-state index in [1.807, 2.05) is 25.7 Å². The van der Waals surface area contributed by atoms with Crippen LogP contribution in [0.25, 0.3) is 0 Å². The Kier molecular flexibility index (Phi) is 6.35. The molecular weight excluding hydrogens is 388 g/mol. The van der Waals surface area contributed by atoms with Crippen molar-refractivity contribution in [1.82, 2.24) is 9.80 Å². The molecule has 4 rings (SSSR count). The average Bonchev–Trinajstić information content (AvgIpc) is 3.18. The van der Waals surface area contributed by atoms with Gasteiger partial charge in [0.25, 0.3) is 0 Å². The molecule has 0 aromatic heterocycles. The van der Waals surface area contributed by atoms with E-state index in [0.717, 1.165) is 13.0 Å². The van der Waals surface area contributed by atoms with Crippen LogP contribution >= 0.6 is 0 Å². The van der Waals surface area contributed by atoms with E-state index in [1.54, 1.807) is 7.11 Å². The van der Waals surface area contributed by atoms with Gasteiger partial charge in [0, 0.05) is 44.7 Å². The topological polar surface area (TPSA) is 42.0 Å². The van der Waals surface area contributed by atoms with E-state index in [0.29, 0.717) is 13.1 Å². The SMILES string of the molecule is CO[C@H]1C[C@H]2CN(C(=O)OC(C)(C)C)C[C@@H](C(c3ccccc3)c3ccccc3)N2C1. The van der Waals surface area contributed by atoms with Crippen molar-refractivity contribution in [3.63, 3.8) is 0 Å². The first-order chi connectivity index (χ1) is 14.9. The number of piperazine rings is 1. The standard InChI is InChI=1S/C26H34N2O3/c1-26(2,3)31-25(29)27-16-21-15-22(30-4)17-28(21)23(18-27)24(19-11-7-5-8-12-19)20-13-9-6-10-14-20/h5-14,21-24H,15-18H2,1-4H3/t21-,22-,23-/m0/s1. The lowest BCUT2D eigenvalue weighted by Gasteiger charge is -2.46. The predicted molar refractivity (Wildman–Crippen MR) is 122 cm³/mol. The molecule has 2 fully saturated rings. The molecule has 2 aromatic carbocycles. The number of hydrogen-bond acceptors (Lipinski definition) is 4. The lowest BCUT2D eigenvalue weighted by molar-refractivity contribution is -0.00724. The van der Waals surface area contributed by atoms with Gasteiger partial charge in [0.1, 0.15) is 5.60 Å². The first-order valence-electron chi connectivity index (χ1n) is 11.2. The third-order valence-corrected chi connectivity index (χ3v) is 6.37. The molecule has 166 valence electrons. The van der Waals surface area contributed by atoms with Crippen molar-refractivity contribution in [2.24, 2.45) is 0 Å². The van der Waals surface area contributed by atoms with Crippen LogP contribution in [0.15, 0.2) is 60.7 Å². The van der Waals surface area contributed by atoms with Gasteiger partial charge in [-0.2, -0.15) is 0 Å². The quantitative estimate of drug-likeness (QED) is 0.726. The molecule has 31 heavy (non-hydrogen) atoms. The van der Waals surface area contributed by atoms with Gasteiger partial charge in [-0.1, -0.05) is 60.7 Å². The van der Waals surface area contributed by atoms with Crippen molar-refractivity contribution in [3.05, 3.63) is 71.8 Å². The summed E-state index contributed by atoms with van der Waals surface area (Å²) >= 11 is 0. The Hall–Kier alpha value is -2.37. The van der Waals surface area contributed by atoms with Crippen LogP contribution in [0.5, 0.6) is 0 Å². The summed E-state index contributed by atoms with van der Waals surface area (Å²) in [4.78, 5) is 17.5. The summed E-state index contributed by atoms with van der Waals surface area (Å²) in [5.74, 6) is 0.158. The normalized spacial score (nSPS) is 24.3. The fourth-order valence-electron chi connectivity index (χ4n) is 5.04. The largest absolute Gasteiger partial charge is 0.444 e. The minimum absolute atomic E-state index is 0.149. The number of amides is 1. The monoisotopic (exact) mass is 422 g/mol. The number of rotatable bonds is 4. The number of fused-ring (bicyclic) bond motifs is 1. The molecule has 2 aliphatic heterocycles. The highest BCUT2D eigenvalue weighted by Gasteiger charge is 2.46. The van der Waals surface area contributed by atoms with Gasteiger partial charge in [-0.3, -0.25) is 4.90 Å². The zero-order chi connectivity index (χ0) is 22.0. The molecule has 0 radical (unpaired) electrons. The number of methoxy groups -OCH3 is 1. The molecule has 0 N–H and O–H groups in total. The molecule has 5 heteroatoms. The van der Waals surface area contributed by atoms with Crippen molar-refractivity contribution >= 4 is 6.09 Å². The Morgan fingerprint density at radius 1 is 0.935 bits per heavy atom. The lowest BCUT2D eigenvalue weighted by atomic mass is 9.82. The Balaban J connectivity index is 1.71. The first kappa shape index (κ1) is 21.8. The third kappa shape index (κ3) is 4.94. The molecule has 2 heterocycles. The smallest absolute Gasteiger partial charge is 0.410 e. The summed E-state index contributed by atoms with van der Waals surface area (Å²) in [6.45, 7) is 7.98. The van der Waals surface area contributed by atoms with Crippen LogP contribution < -0.4 is 0 Å². The second kappa shape index (κ2) is 9.01. The number of benzene rings is 2. The van der Waals surface area contributed by atoms with Crippen LogP contribution in [-0.4, -0.2) is 66.4 Å². The number of carbonyl (C=O) groups excluding carboxylic acids is 1. The van der Waals surface area contributed by atoms with Gasteiger partial charge in [0.15, 0.2) is 0 Å². The van der Waals surface area contributed by atoms with E-state index in [2.05, 4.69) is 65.6 Å². The predicted octanol–water partition coefficient (Wildman–Crippen LogP) is 4.53. The number of ether oxygens (including phenoxy) is 2. The Morgan fingerprint density at radius 3 is 2.03 bits per heavy atom. The summed E-state index contributed by atoms with van der Waals surface area (Å²) in [6, 6.07) is 21.7. The van der Waals surface area contributed by atoms with E-state index < -0.39 is 5.60 Å². The van der Waals surface area contributed by atoms with E-state index in [1.165, 1.54) is 11.1 Å². The minimum atomic E-state index is -0.507. The first-order valence-corrected chi connectivity index (χ1v) is 11.2. The molecule has 1 amide bonds. The summed E-state index contributed by atoms with van der Waals surface area (Å²) in [6.07, 6.45) is 0.902. The van der Waals surface area contributed by atoms with Crippen LogP contribution in [0.4, 0.5) is 4.79 Å². The van der Waals surface area contributed by atoms with Gasteiger partial charge >= 0.3 is 6.09 Å². The summed E-state index contributed by atoms with van der Waals surface area (Å²) in [7, 11) is 1.79. The maximum Gasteiger partial charge on any atom is 0.410 e. The van der Waals surface area contributed by atoms with Gasteiger partial charge in [-0.15, -0.1) is 0 Å². The highest BCUT2D eigenvalue weighted by atomic mass is 16.6. The molecule has 2 aliphatic rings. The van der Waals surface area contributed by atoms with Crippen molar-refractivity contribution < 1.29 is 14.3 Å². The van der Waals surface area contributed by atoms with Crippen molar-refractivity contribution in [2.75, 3.05) is 26.7 Å². The summed E-state index contributed by atoms with van der Waals surface area (Å²) in [5.41, 5.74) is 2.03. The van der Waals surface area contributed by atoms with Crippen LogP contribution in [-0.2, 0) is 9.47 Å². The Labute approximate surface area is 185 Å². The van der Waals surface area contributed by atoms with Gasteiger partial charge in [0.2, 0.25) is 0 Å². The fraction of sp³-hybridized carbons (Fsp3) is 0.500.